The molecule has 0 atom stereocenters. The van der Waals surface area contributed by atoms with Crippen LogP contribution in [0.1, 0.15) is 0 Å². The van der Waals surface area contributed by atoms with Gasteiger partial charge in [-0.25, -0.2) is 8.42 Å². The van der Waals surface area contributed by atoms with Crippen LogP contribution in [0.15, 0.2) is 42.5 Å². The Kier molecular flexibility index (Phi) is 5.36. The average Bonchev–Trinajstić information content (AvgIpc) is 2.65. The van der Waals surface area contributed by atoms with Crippen LogP contribution in [-0.4, -0.2) is 45.3 Å². The molecule has 0 aromatic heterocycles. The highest BCUT2D eigenvalue weighted by Crippen LogP contribution is 2.32. The molecule has 2 aromatic carbocycles. The molecule has 10 nitrogen and oxygen atoms in total. The molecule has 0 unspecified atom stereocenters. The summed E-state index contributed by atoms with van der Waals surface area (Å²) in [7, 11) is -3.86. The number of non-ortho nitro benzene ring substituents is 1. The van der Waals surface area contributed by atoms with Gasteiger partial charge in [0.15, 0.2) is 11.5 Å². The summed E-state index contributed by atoms with van der Waals surface area (Å²) in [6, 6.07) is 9.88. The van der Waals surface area contributed by atoms with E-state index in [-0.39, 0.29) is 11.4 Å². The smallest absolute Gasteiger partial charge is 0.271 e. The molecule has 28 heavy (non-hydrogen) atoms. The minimum Gasteiger partial charge on any atom is -0.486 e. The van der Waals surface area contributed by atoms with Crippen molar-refractivity contribution >= 4 is 33.0 Å². The van der Waals surface area contributed by atoms with Gasteiger partial charge in [-0.05, 0) is 18.2 Å². The number of nitro benzene ring substituents is 1. The lowest BCUT2D eigenvalue weighted by Crippen LogP contribution is -2.37. The largest absolute Gasteiger partial charge is 0.486 e. The summed E-state index contributed by atoms with van der Waals surface area (Å²) in [5, 5.41) is 13.5. The maximum absolute atomic E-state index is 12.4. The number of nitrogens with one attached hydrogen (secondary N) is 1. The summed E-state index contributed by atoms with van der Waals surface area (Å²) in [4.78, 5) is 22.7. The molecule has 1 heterocycles. The molecular weight excluding hydrogens is 390 g/mol. The van der Waals surface area contributed by atoms with Gasteiger partial charge in [0.1, 0.15) is 19.8 Å². The number of nitro groups is 1. The number of carbonyl (C=O) groups is 1. The van der Waals surface area contributed by atoms with E-state index in [4.69, 9.17) is 9.47 Å². The van der Waals surface area contributed by atoms with Crippen LogP contribution in [0.4, 0.5) is 17.1 Å². The van der Waals surface area contributed by atoms with E-state index < -0.39 is 27.4 Å². The van der Waals surface area contributed by atoms with Crippen LogP contribution < -0.4 is 19.1 Å². The van der Waals surface area contributed by atoms with E-state index in [1.54, 1.807) is 18.2 Å². The number of hydrogen-bond donors (Lipinski definition) is 1. The summed E-state index contributed by atoms with van der Waals surface area (Å²) in [6.07, 6.45) is 0.920. The summed E-state index contributed by atoms with van der Waals surface area (Å²) in [5.74, 6) is 0.412. The van der Waals surface area contributed by atoms with Crippen molar-refractivity contribution in [3.05, 3.63) is 52.6 Å². The minimum absolute atomic E-state index is 0.0222. The van der Waals surface area contributed by atoms with Gasteiger partial charge in [0.2, 0.25) is 15.9 Å². The Bertz CT molecular complexity index is 1020. The normalized spacial score (nSPS) is 12.9. The van der Waals surface area contributed by atoms with Crippen LogP contribution in [0.25, 0.3) is 0 Å². The number of amides is 1. The second-order valence-corrected chi connectivity index (χ2v) is 7.86. The zero-order chi connectivity index (χ0) is 20.3. The Labute approximate surface area is 160 Å². The van der Waals surface area contributed by atoms with Crippen molar-refractivity contribution in [3.8, 4) is 11.5 Å². The lowest BCUT2D eigenvalue weighted by molar-refractivity contribution is -0.384. The number of rotatable bonds is 6. The zero-order valence-corrected chi connectivity index (χ0v) is 15.6. The van der Waals surface area contributed by atoms with Crippen LogP contribution in [-0.2, 0) is 14.8 Å². The SMILES string of the molecule is CS(=O)(=O)N(CC(=O)Nc1ccc2c(c1)OCCO2)c1cccc([N+](=O)[O-])c1. The second-order valence-electron chi connectivity index (χ2n) is 5.95. The lowest BCUT2D eigenvalue weighted by atomic mass is 10.2. The fourth-order valence-corrected chi connectivity index (χ4v) is 3.46. The van der Waals surface area contributed by atoms with Gasteiger partial charge in [-0.2, -0.15) is 0 Å². The summed E-state index contributed by atoms with van der Waals surface area (Å²) >= 11 is 0. The van der Waals surface area contributed by atoms with Gasteiger partial charge in [0.05, 0.1) is 16.9 Å². The second kappa shape index (κ2) is 7.72. The average molecular weight is 407 g/mol. The third-order valence-corrected chi connectivity index (χ3v) is 4.98. The number of benzene rings is 2. The number of anilines is 2. The van der Waals surface area contributed by atoms with Crippen LogP contribution in [0.2, 0.25) is 0 Å². The van der Waals surface area contributed by atoms with Crippen molar-refractivity contribution in [2.75, 3.05) is 35.6 Å². The molecule has 0 fully saturated rings. The molecule has 3 rings (SSSR count). The van der Waals surface area contributed by atoms with E-state index in [0.29, 0.717) is 30.4 Å². The fraction of sp³-hybridized carbons (Fsp3) is 0.235. The predicted octanol–water partition coefficient (Wildman–Crippen LogP) is 1.77. The third-order valence-electron chi connectivity index (χ3n) is 3.84. The summed E-state index contributed by atoms with van der Waals surface area (Å²) < 4.78 is 35.9. The molecule has 0 saturated carbocycles. The third kappa shape index (κ3) is 4.49. The first-order valence-corrected chi connectivity index (χ1v) is 10.0. The van der Waals surface area contributed by atoms with Crippen LogP contribution in [0.5, 0.6) is 11.5 Å². The number of ether oxygens (including phenoxy) is 2. The molecule has 1 aliphatic heterocycles. The monoisotopic (exact) mass is 407 g/mol. The highest BCUT2D eigenvalue weighted by molar-refractivity contribution is 7.92. The van der Waals surface area contributed by atoms with Crippen molar-refractivity contribution in [1.82, 2.24) is 0 Å². The highest BCUT2D eigenvalue weighted by Gasteiger charge is 2.23. The van der Waals surface area contributed by atoms with E-state index in [2.05, 4.69) is 5.32 Å². The number of fused-ring (bicyclic) bond motifs is 1. The molecule has 11 heteroatoms. The van der Waals surface area contributed by atoms with Crippen molar-refractivity contribution in [2.45, 2.75) is 0 Å². The maximum Gasteiger partial charge on any atom is 0.271 e. The Balaban J connectivity index is 1.79. The predicted molar refractivity (Wildman–Crippen MR) is 101 cm³/mol. The lowest BCUT2D eigenvalue weighted by Gasteiger charge is -2.22. The van der Waals surface area contributed by atoms with Crippen molar-refractivity contribution in [3.63, 3.8) is 0 Å². The molecule has 0 bridgehead atoms. The van der Waals surface area contributed by atoms with Crippen molar-refractivity contribution in [2.24, 2.45) is 0 Å². The fourth-order valence-electron chi connectivity index (χ4n) is 2.61. The molecule has 1 aliphatic rings. The number of sulfonamides is 1. The van der Waals surface area contributed by atoms with E-state index in [1.165, 1.54) is 18.2 Å². The zero-order valence-electron chi connectivity index (χ0n) is 14.8. The molecule has 0 saturated heterocycles. The molecule has 0 aliphatic carbocycles. The number of carbonyl (C=O) groups excluding carboxylic acids is 1. The van der Waals surface area contributed by atoms with E-state index in [1.807, 2.05) is 0 Å². The van der Waals surface area contributed by atoms with E-state index >= 15 is 0 Å². The van der Waals surface area contributed by atoms with Gasteiger partial charge in [0.25, 0.3) is 5.69 Å². The Morgan fingerprint density at radius 1 is 1.18 bits per heavy atom. The number of hydrogen-bond acceptors (Lipinski definition) is 7. The number of nitrogens with zero attached hydrogens (tertiary/aromatic N) is 2. The highest BCUT2D eigenvalue weighted by atomic mass is 32.2. The Morgan fingerprint density at radius 3 is 2.57 bits per heavy atom. The molecule has 1 amide bonds. The molecule has 2 aromatic rings. The first-order valence-electron chi connectivity index (χ1n) is 8.16. The molecule has 0 spiro atoms. The van der Waals surface area contributed by atoms with Gasteiger partial charge in [-0.3, -0.25) is 19.2 Å². The van der Waals surface area contributed by atoms with Crippen molar-refractivity contribution in [1.29, 1.82) is 0 Å². The minimum atomic E-state index is -3.86. The Morgan fingerprint density at radius 2 is 1.89 bits per heavy atom. The van der Waals surface area contributed by atoms with Gasteiger partial charge < -0.3 is 14.8 Å². The van der Waals surface area contributed by atoms with Gasteiger partial charge in [-0.15, -0.1) is 0 Å². The summed E-state index contributed by atoms with van der Waals surface area (Å²) in [6.45, 7) is 0.277. The van der Waals surface area contributed by atoms with Gasteiger partial charge in [0, 0.05) is 23.9 Å². The van der Waals surface area contributed by atoms with E-state index in [9.17, 15) is 23.3 Å². The van der Waals surface area contributed by atoms with E-state index in [0.717, 1.165) is 16.6 Å². The molecule has 0 radical (unpaired) electrons. The maximum atomic E-state index is 12.4. The molecule has 1 N–H and O–H groups in total. The van der Waals surface area contributed by atoms with Crippen molar-refractivity contribution < 1.29 is 27.6 Å². The van der Waals surface area contributed by atoms with Gasteiger partial charge in [-0.1, -0.05) is 6.07 Å². The van der Waals surface area contributed by atoms with Crippen LogP contribution in [0.3, 0.4) is 0 Å². The van der Waals surface area contributed by atoms with Gasteiger partial charge >= 0.3 is 0 Å². The molecular formula is C17H17N3O7S. The first-order chi connectivity index (χ1) is 13.2. The first kappa shape index (κ1) is 19.4. The Hall–Kier alpha value is -3.34. The quantitative estimate of drug-likeness (QED) is 0.571. The standard InChI is InChI=1S/C17H17N3O7S/c1-28(24,25)19(13-3-2-4-14(10-13)20(22)23)11-17(21)18-12-5-6-15-16(9-12)27-8-7-26-15/h2-6,9-10H,7-8,11H2,1H3,(H,18,21). The molecule has 148 valence electrons. The van der Waals surface area contributed by atoms with Crippen LogP contribution in [0, 0.1) is 10.1 Å². The van der Waals surface area contributed by atoms with Crippen LogP contribution >= 0.6 is 0 Å². The summed E-state index contributed by atoms with van der Waals surface area (Å²) in [5.41, 5.74) is 0.147. The topological polar surface area (TPSA) is 128 Å².